The first-order valence-corrected chi connectivity index (χ1v) is 9.88. The van der Waals surface area contributed by atoms with Gasteiger partial charge in [-0.3, -0.25) is 0 Å². The van der Waals surface area contributed by atoms with E-state index in [1.807, 2.05) is 31.2 Å². The molecule has 3 aromatic rings. The van der Waals surface area contributed by atoms with E-state index in [1.165, 1.54) is 22.9 Å². The summed E-state index contributed by atoms with van der Waals surface area (Å²) >= 11 is 0. The zero-order valence-electron chi connectivity index (χ0n) is 14.9. The van der Waals surface area contributed by atoms with Crippen molar-refractivity contribution in [3.8, 4) is 0 Å². The Morgan fingerprint density at radius 3 is 2.15 bits per heavy atom. The van der Waals surface area contributed by atoms with Crippen LogP contribution in [0, 0.1) is 13.8 Å². The van der Waals surface area contributed by atoms with Crippen LogP contribution in [0.4, 0.5) is 0 Å². The normalized spacial score (nSPS) is 11.8. The lowest BCUT2D eigenvalue weighted by Gasteiger charge is -2.04. The van der Waals surface area contributed by atoms with Crippen molar-refractivity contribution in [3.05, 3.63) is 101 Å². The summed E-state index contributed by atoms with van der Waals surface area (Å²) in [5.74, 6) is 0. The molecule has 0 saturated heterocycles. The number of rotatable bonds is 5. The largest absolute Gasteiger partial charge is 0.282 e. The van der Waals surface area contributed by atoms with E-state index < -0.39 is 10.0 Å². The van der Waals surface area contributed by atoms with Gasteiger partial charge in [0.05, 0.1) is 4.90 Å². The van der Waals surface area contributed by atoms with Crippen LogP contribution in [0.15, 0.2) is 82.1 Å². The average Bonchev–Trinajstić information content (AvgIpc) is 2.62. The highest BCUT2D eigenvalue weighted by atomic mass is 32.2. The van der Waals surface area contributed by atoms with Crippen molar-refractivity contribution in [3.63, 3.8) is 0 Å². The van der Waals surface area contributed by atoms with Crippen LogP contribution in [0.2, 0.25) is 0 Å². The van der Waals surface area contributed by atoms with Gasteiger partial charge in [-0.15, -0.1) is 0 Å². The Morgan fingerprint density at radius 2 is 1.50 bits per heavy atom. The van der Waals surface area contributed by atoms with Crippen molar-refractivity contribution in [1.82, 2.24) is 0 Å². The molecule has 0 atom stereocenters. The molecule has 132 valence electrons. The van der Waals surface area contributed by atoms with Gasteiger partial charge in [0.1, 0.15) is 0 Å². The molecule has 0 amide bonds. The highest BCUT2D eigenvalue weighted by Gasteiger charge is 2.10. The molecule has 26 heavy (non-hydrogen) atoms. The monoisotopic (exact) mass is 363 g/mol. The number of aryl methyl sites for hydroxylation is 2. The lowest BCUT2D eigenvalue weighted by Crippen LogP contribution is -1.98. The Hall–Kier alpha value is -2.72. The lowest BCUT2D eigenvalue weighted by atomic mass is 10.0. The Balaban J connectivity index is 1.72. The van der Waals surface area contributed by atoms with Crippen LogP contribution in [0.1, 0.15) is 27.8 Å². The van der Waals surface area contributed by atoms with Gasteiger partial charge in [0.15, 0.2) is 0 Å². The van der Waals surface area contributed by atoms with Crippen LogP contribution >= 0.6 is 0 Å². The molecule has 0 aliphatic rings. The van der Waals surface area contributed by atoms with E-state index in [9.17, 15) is 8.42 Å². The third kappa shape index (κ3) is 4.67. The highest BCUT2D eigenvalue weighted by Crippen LogP contribution is 2.14. The average molecular weight is 363 g/mol. The maximum absolute atomic E-state index is 12.3. The van der Waals surface area contributed by atoms with E-state index >= 15 is 0 Å². The second-order valence-corrected chi connectivity index (χ2v) is 8.06. The molecule has 0 unspecified atom stereocenters. The molecule has 0 N–H and O–H groups in total. The zero-order valence-corrected chi connectivity index (χ0v) is 15.7. The molecule has 4 heteroatoms. The minimum Gasteiger partial charge on any atom is -0.199 e. The zero-order chi connectivity index (χ0) is 18.6. The maximum atomic E-state index is 12.3. The third-order valence-corrected chi connectivity index (χ3v) is 5.38. The molecule has 3 aromatic carbocycles. The fourth-order valence-corrected chi connectivity index (χ4v) is 3.54. The first-order valence-electron chi connectivity index (χ1n) is 8.44. The summed E-state index contributed by atoms with van der Waals surface area (Å²) < 4.78 is 28.3. The molecular formula is C22H21NO2S. The SMILES string of the molecule is Cc1ccc(S(=O)(=O)/N=C/c2ccc(Cc3cccc(C)c3)cc2)cc1. The van der Waals surface area contributed by atoms with Gasteiger partial charge in [0.25, 0.3) is 10.0 Å². The summed E-state index contributed by atoms with van der Waals surface area (Å²) in [6, 6.07) is 22.9. The molecule has 0 fully saturated rings. The number of nitrogens with zero attached hydrogens (tertiary/aromatic N) is 1. The number of benzene rings is 3. The first kappa shape index (κ1) is 18.1. The van der Waals surface area contributed by atoms with Crippen molar-refractivity contribution >= 4 is 16.2 Å². The van der Waals surface area contributed by atoms with Crippen LogP contribution in [-0.2, 0) is 16.4 Å². The molecule has 0 bridgehead atoms. The van der Waals surface area contributed by atoms with E-state index in [4.69, 9.17) is 0 Å². The minimum atomic E-state index is -3.67. The quantitative estimate of drug-likeness (QED) is 0.617. The molecule has 3 nitrogen and oxygen atoms in total. The van der Waals surface area contributed by atoms with Gasteiger partial charge in [-0.2, -0.15) is 12.8 Å². The van der Waals surface area contributed by atoms with Crippen LogP contribution in [0.3, 0.4) is 0 Å². The molecule has 0 radical (unpaired) electrons. The molecule has 0 aliphatic carbocycles. The van der Waals surface area contributed by atoms with Gasteiger partial charge in [0, 0.05) is 6.21 Å². The number of hydrogen-bond acceptors (Lipinski definition) is 2. The van der Waals surface area contributed by atoms with Crippen molar-refractivity contribution in [2.24, 2.45) is 4.40 Å². The molecule has 0 spiro atoms. The van der Waals surface area contributed by atoms with E-state index in [0.717, 1.165) is 17.5 Å². The van der Waals surface area contributed by atoms with E-state index in [-0.39, 0.29) is 4.90 Å². The standard InChI is InChI=1S/C22H21NO2S/c1-17-6-12-22(13-7-17)26(24,25)23-16-20-10-8-19(9-11-20)15-21-5-3-4-18(2)14-21/h3-14,16H,15H2,1-2H3/b23-16+. The molecule has 0 saturated carbocycles. The minimum absolute atomic E-state index is 0.204. The van der Waals surface area contributed by atoms with Crippen LogP contribution in [0.5, 0.6) is 0 Å². The van der Waals surface area contributed by atoms with E-state index in [0.29, 0.717) is 0 Å². The predicted molar refractivity (Wildman–Crippen MR) is 106 cm³/mol. The van der Waals surface area contributed by atoms with Crippen LogP contribution in [0.25, 0.3) is 0 Å². The lowest BCUT2D eigenvalue weighted by molar-refractivity contribution is 0.598. The summed E-state index contributed by atoms with van der Waals surface area (Å²) in [6.45, 7) is 4.00. The van der Waals surface area contributed by atoms with Gasteiger partial charge in [-0.05, 0) is 49.1 Å². The van der Waals surface area contributed by atoms with Crippen molar-refractivity contribution in [2.45, 2.75) is 25.2 Å². The summed E-state index contributed by atoms with van der Waals surface area (Å²) in [6.07, 6.45) is 2.24. The van der Waals surface area contributed by atoms with Crippen molar-refractivity contribution < 1.29 is 8.42 Å². The third-order valence-electron chi connectivity index (χ3n) is 4.13. The van der Waals surface area contributed by atoms with Crippen molar-refractivity contribution in [2.75, 3.05) is 0 Å². The second-order valence-electron chi connectivity index (χ2n) is 6.43. The van der Waals surface area contributed by atoms with Gasteiger partial charge in [0.2, 0.25) is 0 Å². The Kier molecular flexibility index (Phi) is 5.33. The van der Waals surface area contributed by atoms with E-state index in [2.05, 4.69) is 35.6 Å². The Morgan fingerprint density at radius 1 is 0.808 bits per heavy atom. The van der Waals surface area contributed by atoms with Gasteiger partial charge >= 0.3 is 0 Å². The molecule has 0 aliphatic heterocycles. The maximum Gasteiger partial charge on any atom is 0.282 e. The molecule has 0 heterocycles. The number of sulfonamides is 1. The first-order chi connectivity index (χ1) is 12.4. The summed E-state index contributed by atoms with van der Waals surface area (Å²) in [5.41, 5.74) is 5.45. The summed E-state index contributed by atoms with van der Waals surface area (Å²) in [5, 5.41) is 0. The van der Waals surface area contributed by atoms with Crippen LogP contribution < -0.4 is 0 Å². The molecule has 3 rings (SSSR count). The van der Waals surface area contributed by atoms with Crippen molar-refractivity contribution in [1.29, 1.82) is 0 Å². The van der Waals surface area contributed by atoms with Gasteiger partial charge in [-0.25, -0.2) is 0 Å². The van der Waals surface area contributed by atoms with Crippen LogP contribution in [-0.4, -0.2) is 14.6 Å². The Bertz CT molecular complexity index is 1020. The van der Waals surface area contributed by atoms with Gasteiger partial charge in [-0.1, -0.05) is 71.8 Å². The fourth-order valence-electron chi connectivity index (χ4n) is 2.68. The molecular weight excluding hydrogens is 342 g/mol. The highest BCUT2D eigenvalue weighted by molar-refractivity contribution is 7.90. The summed E-state index contributed by atoms with van der Waals surface area (Å²) in [4.78, 5) is 0.204. The predicted octanol–water partition coefficient (Wildman–Crippen LogP) is 4.70. The summed E-state index contributed by atoms with van der Waals surface area (Å²) in [7, 11) is -3.67. The van der Waals surface area contributed by atoms with E-state index in [1.54, 1.807) is 24.3 Å². The topological polar surface area (TPSA) is 46.5 Å². The van der Waals surface area contributed by atoms with Gasteiger partial charge < -0.3 is 0 Å². The Labute approximate surface area is 155 Å². The number of hydrogen-bond donors (Lipinski definition) is 0. The molecule has 0 aromatic heterocycles. The smallest absolute Gasteiger partial charge is 0.199 e. The fraction of sp³-hybridized carbons (Fsp3) is 0.136. The second kappa shape index (κ2) is 7.67.